The van der Waals surface area contributed by atoms with Crippen LogP contribution in [0.2, 0.25) is 0 Å². The number of rotatable bonds is 4. The van der Waals surface area contributed by atoms with Crippen LogP contribution >= 0.6 is 0 Å². The summed E-state index contributed by atoms with van der Waals surface area (Å²) < 4.78 is 5.03. The van der Waals surface area contributed by atoms with Gasteiger partial charge in [-0.15, -0.1) is 0 Å². The van der Waals surface area contributed by atoms with Gasteiger partial charge in [0.15, 0.2) is 0 Å². The van der Waals surface area contributed by atoms with Crippen LogP contribution in [-0.4, -0.2) is 23.9 Å². The van der Waals surface area contributed by atoms with Crippen LogP contribution in [0.4, 0.5) is 0 Å². The highest BCUT2D eigenvalue weighted by Crippen LogP contribution is 2.01. The van der Waals surface area contributed by atoms with Crippen molar-refractivity contribution in [1.29, 1.82) is 0 Å². The lowest BCUT2D eigenvalue weighted by atomic mass is 10.1. The summed E-state index contributed by atoms with van der Waals surface area (Å²) in [6.07, 6.45) is 4.38. The first-order valence-corrected chi connectivity index (χ1v) is 5.67. The van der Waals surface area contributed by atoms with Gasteiger partial charge in [0.2, 0.25) is 11.8 Å². The van der Waals surface area contributed by atoms with Crippen molar-refractivity contribution in [3.8, 4) is 0 Å². The van der Waals surface area contributed by atoms with Gasteiger partial charge in [0.05, 0.1) is 12.8 Å². The lowest BCUT2D eigenvalue weighted by molar-refractivity contribution is -0.124. The number of carbonyl (C=O) groups is 2. The minimum Gasteiger partial charge on any atom is -0.465 e. The number of furan rings is 1. The van der Waals surface area contributed by atoms with Crippen LogP contribution in [0.15, 0.2) is 28.9 Å². The molecule has 0 aliphatic rings. The monoisotopic (exact) mass is 250 g/mol. The van der Waals surface area contributed by atoms with E-state index < -0.39 is 0 Å². The van der Waals surface area contributed by atoms with E-state index in [9.17, 15) is 9.59 Å². The third-order valence-electron chi connectivity index (χ3n) is 1.88. The fourth-order valence-electron chi connectivity index (χ4n) is 1.23. The van der Waals surface area contributed by atoms with Crippen LogP contribution in [0, 0.1) is 0 Å². The molecule has 1 heterocycles. The SMILES string of the molecule is CC(C)(C)NC(=O)CNC(=O)/C=C/c1ccco1. The molecule has 1 aromatic heterocycles. The Morgan fingerprint density at radius 1 is 1.39 bits per heavy atom. The molecule has 0 spiro atoms. The first-order chi connectivity index (χ1) is 8.37. The smallest absolute Gasteiger partial charge is 0.244 e. The molecule has 0 aliphatic carbocycles. The summed E-state index contributed by atoms with van der Waals surface area (Å²) in [5.74, 6) is 0.0296. The standard InChI is InChI=1S/C13H18N2O3/c1-13(2,3)15-12(17)9-14-11(16)7-6-10-5-4-8-18-10/h4-8H,9H2,1-3H3,(H,14,16)(H,15,17)/b7-6+. The van der Waals surface area contributed by atoms with Crippen LogP contribution in [0.25, 0.3) is 6.08 Å². The Labute approximate surface area is 106 Å². The fraction of sp³-hybridized carbons (Fsp3) is 0.385. The largest absolute Gasteiger partial charge is 0.465 e. The second-order valence-corrected chi connectivity index (χ2v) is 4.86. The zero-order chi connectivity index (χ0) is 13.6. The number of amides is 2. The molecule has 0 aliphatic heterocycles. The van der Waals surface area contributed by atoms with Crippen LogP contribution in [0.1, 0.15) is 26.5 Å². The number of hydrogen-bond donors (Lipinski definition) is 2. The van der Waals surface area contributed by atoms with Crippen molar-refractivity contribution in [2.45, 2.75) is 26.3 Å². The Morgan fingerprint density at radius 2 is 2.11 bits per heavy atom. The van der Waals surface area contributed by atoms with E-state index in [4.69, 9.17) is 4.42 Å². The Hall–Kier alpha value is -2.04. The van der Waals surface area contributed by atoms with Crippen molar-refractivity contribution < 1.29 is 14.0 Å². The molecule has 0 saturated heterocycles. The number of carbonyl (C=O) groups excluding carboxylic acids is 2. The molecule has 18 heavy (non-hydrogen) atoms. The van der Waals surface area contributed by atoms with Crippen molar-refractivity contribution in [1.82, 2.24) is 10.6 Å². The van der Waals surface area contributed by atoms with Gasteiger partial charge in [0.25, 0.3) is 0 Å². The van der Waals surface area contributed by atoms with Gasteiger partial charge in [0.1, 0.15) is 5.76 Å². The minimum absolute atomic E-state index is 0.0431. The van der Waals surface area contributed by atoms with E-state index in [2.05, 4.69) is 10.6 Å². The van der Waals surface area contributed by atoms with Crippen molar-refractivity contribution in [3.05, 3.63) is 30.2 Å². The molecule has 0 radical (unpaired) electrons. The highest BCUT2D eigenvalue weighted by atomic mass is 16.3. The Morgan fingerprint density at radius 3 is 2.67 bits per heavy atom. The van der Waals surface area contributed by atoms with Crippen LogP contribution < -0.4 is 10.6 Å². The van der Waals surface area contributed by atoms with Gasteiger partial charge < -0.3 is 15.1 Å². The second-order valence-electron chi connectivity index (χ2n) is 4.86. The number of nitrogens with one attached hydrogen (secondary N) is 2. The van der Waals surface area contributed by atoms with E-state index in [1.807, 2.05) is 20.8 Å². The van der Waals surface area contributed by atoms with Crippen molar-refractivity contribution >= 4 is 17.9 Å². The molecule has 0 fully saturated rings. The zero-order valence-electron chi connectivity index (χ0n) is 10.8. The first-order valence-electron chi connectivity index (χ1n) is 5.67. The fourth-order valence-corrected chi connectivity index (χ4v) is 1.23. The van der Waals surface area contributed by atoms with E-state index in [0.717, 1.165) is 0 Å². The second kappa shape index (κ2) is 6.05. The minimum atomic E-state index is -0.338. The normalized spacial score (nSPS) is 11.5. The molecule has 5 heteroatoms. The van der Waals surface area contributed by atoms with Crippen LogP contribution in [0.5, 0.6) is 0 Å². The molecule has 1 rings (SSSR count). The quantitative estimate of drug-likeness (QED) is 0.792. The van der Waals surface area contributed by atoms with Gasteiger partial charge in [0, 0.05) is 11.6 Å². The van der Waals surface area contributed by atoms with Crippen molar-refractivity contribution in [3.63, 3.8) is 0 Å². The molecule has 0 atom stereocenters. The van der Waals surface area contributed by atoms with E-state index in [0.29, 0.717) is 5.76 Å². The van der Waals surface area contributed by atoms with E-state index in [-0.39, 0.29) is 23.9 Å². The Balaban J connectivity index is 2.31. The molecular weight excluding hydrogens is 232 g/mol. The summed E-state index contributed by atoms with van der Waals surface area (Å²) in [5, 5.41) is 5.24. The molecule has 0 bridgehead atoms. The predicted molar refractivity (Wildman–Crippen MR) is 68.6 cm³/mol. The average molecular weight is 250 g/mol. The summed E-state index contributed by atoms with van der Waals surface area (Å²) in [6.45, 7) is 5.59. The predicted octanol–water partition coefficient (Wildman–Crippen LogP) is 1.32. The Bertz CT molecular complexity index is 428. The van der Waals surface area contributed by atoms with Crippen molar-refractivity contribution in [2.75, 3.05) is 6.54 Å². The Kier molecular flexibility index (Phi) is 4.71. The van der Waals surface area contributed by atoms with Crippen LogP contribution in [-0.2, 0) is 9.59 Å². The lowest BCUT2D eigenvalue weighted by Crippen LogP contribution is -2.45. The first kappa shape index (κ1) is 14.0. The number of hydrogen-bond acceptors (Lipinski definition) is 3. The van der Waals surface area contributed by atoms with Crippen molar-refractivity contribution in [2.24, 2.45) is 0 Å². The molecule has 0 saturated carbocycles. The molecule has 0 unspecified atom stereocenters. The highest BCUT2D eigenvalue weighted by molar-refractivity contribution is 5.94. The van der Waals surface area contributed by atoms with Crippen LogP contribution in [0.3, 0.4) is 0 Å². The summed E-state index contributed by atoms with van der Waals surface area (Å²) in [5.41, 5.74) is -0.300. The molecular formula is C13H18N2O3. The topological polar surface area (TPSA) is 71.3 Å². The molecule has 2 amide bonds. The molecule has 5 nitrogen and oxygen atoms in total. The zero-order valence-corrected chi connectivity index (χ0v) is 10.8. The van der Waals surface area contributed by atoms with E-state index >= 15 is 0 Å². The maximum Gasteiger partial charge on any atom is 0.244 e. The summed E-state index contributed by atoms with van der Waals surface area (Å²) in [4.78, 5) is 22.8. The highest BCUT2D eigenvalue weighted by Gasteiger charge is 2.13. The van der Waals surface area contributed by atoms with E-state index in [1.165, 1.54) is 18.4 Å². The van der Waals surface area contributed by atoms with Gasteiger partial charge in [-0.25, -0.2) is 0 Å². The van der Waals surface area contributed by atoms with Gasteiger partial charge in [-0.05, 0) is 39.0 Å². The third kappa shape index (κ3) is 5.89. The van der Waals surface area contributed by atoms with Gasteiger partial charge in [-0.1, -0.05) is 0 Å². The summed E-state index contributed by atoms with van der Waals surface area (Å²) in [7, 11) is 0. The summed E-state index contributed by atoms with van der Waals surface area (Å²) >= 11 is 0. The lowest BCUT2D eigenvalue weighted by Gasteiger charge is -2.20. The third-order valence-corrected chi connectivity index (χ3v) is 1.88. The maximum absolute atomic E-state index is 11.4. The summed E-state index contributed by atoms with van der Waals surface area (Å²) in [6, 6.07) is 3.46. The molecule has 98 valence electrons. The molecule has 1 aromatic rings. The maximum atomic E-state index is 11.4. The molecule has 0 aromatic carbocycles. The van der Waals surface area contributed by atoms with E-state index in [1.54, 1.807) is 12.1 Å². The van der Waals surface area contributed by atoms with Gasteiger partial charge in [-0.3, -0.25) is 9.59 Å². The van der Waals surface area contributed by atoms with Gasteiger partial charge in [-0.2, -0.15) is 0 Å². The van der Waals surface area contributed by atoms with Gasteiger partial charge >= 0.3 is 0 Å². The average Bonchev–Trinajstić information content (AvgIpc) is 2.74. The molecule has 2 N–H and O–H groups in total.